The summed E-state index contributed by atoms with van der Waals surface area (Å²) >= 11 is 5.92. The molecule has 7 heteroatoms. The molecule has 0 saturated heterocycles. The van der Waals surface area contributed by atoms with Crippen molar-refractivity contribution in [2.75, 3.05) is 11.4 Å². The number of hydrogen-bond acceptors (Lipinski definition) is 3. The Morgan fingerprint density at radius 2 is 1.65 bits per heavy atom. The molecule has 0 N–H and O–H groups in total. The minimum absolute atomic E-state index is 0.0605. The molecule has 0 radical (unpaired) electrons. The Labute approximate surface area is 185 Å². The Bertz CT molecular complexity index is 1410. The van der Waals surface area contributed by atoms with Crippen LogP contribution in [0, 0.1) is 0 Å². The molecule has 0 atom stereocenters. The predicted molar refractivity (Wildman–Crippen MR) is 121 cm³/mol. The van der Waals surface area contributed by atoms with E-state index < -0.39 is 9.84 Å². The third kappa shape index (κ3) is 3.42. The summed E-state index contributed by atoms with van der Waals surface area (Å²) in [5.41, 5.74) is 2.79. The fraction of sp³-hybridized carbons (Fsp3) is 0.125. The fourth-order valence-corrected chi connectivity index (χ4v) is 5.73. The molecule has 2 heterocycles. The van der Waals surface area contributed by atoms with Crippen LogP contribution < -0.4 is 4.90 Å². The van der Waals surface area contributed by atoms with Gasteiger partial charge in [0.25, 0.3) is 0 Å². The number of hydrogen-bond donors (Lipinski definition) is 0. The van der Waals surface area contributed by atoms with Gasteiger partial charge in [-0.2, -0.15) is 0 Å². The number of amides is 1. The monoisotopic (exact) mass is 450 g/mol. The first-order chi connectivity index (χ1) is 14.9. The number of benzene rings is 3. The Kier molecular flexibility index (Phi) is 4.84. The van der Waals surface area contributed by atoms with Crippen LogP contribution in [0.15, 0.2) is 88.8 Å². The van der Waals surface area contributed by atoms with Crippen LogP contribution in [-0.4, -0.2) is 25.4 Å². The molecule has 0 aliphatic carbocycles. The van der Waals surface area contributed by atoms with Gasteiger partial charge in [-0.1, -0.05) is 48.0 Å². The van der Waals surface area contributed by atoms with Crippen LogP contribution in [0.1, 0.15) is 5.56 Å². The highest BCUT2D eigenvalue weighted by atomic mass is 35.5. The first kappa shape index (κ1) is 19.8. The summed E-state index contributed by atoms with van der Waals surface area (Å²) in [6.07, 6.45) is 2.39. The van der Waals surface area contributed by atoms with E-state index in [4.69, 9.17) is 11.6 Å². The molecule has 4 aromatic rings. The number of sulfone groups is 1. The van der Waals surface area contributed by atoms with Crippen LogP contribution in [0.3, 0.4) is 0 Å². The summed E-state index contributed by atoms with van der Waals surface area (Å²) in [7, 11) is -3.77. The third-order valence-electron chi connectivity index (χ3n) is 5.66. The van der Waals surface area contributed by atoms with Gasteiger partial charge in [0.2, 0.25) is 15.7 Å². The van der Waals surface area contributed by atoms with Crippen molar-refractivity contribution in [3.63, 3.8) is 0 Å². The Hall–Kier alpha value is -3.09. The van der Waals surface area contributed by atoms with E-state index in [2.05, 4.69) is 0 Å². The van der Waals surface area contributed by atoms with Crippen molar-refractivity contribution in [2.24, 2.45) is 0 Å². The number of fused-ring (bicyclic) bond motifs is 2. The molecule has 3 aromatic carbocycles. The number of carbonyl (C=O) groups excluding carboxylic acids is 1. The lowest BCUT2D eigenvalue weighted by Gasteiger charge is -2.18. The van der Waals surface area contributed by atoms with Crippen molar-refractivity contribution in [3.05, 3.63) is 89.6 Å². The quantitative estimate of drug-likeness (QED) is 0.452. The van der Waals surface area contributed by atoms with Crippen LogP contribution in [0.25, 0.3) is 10.9 Å². The average molecular weight is 451 g/mol. The van der Waals surface area contributed by atoms with E-state index in [1.165, 1.54) is 12.1 Å². The third-order valence-corrected chi connectivity index (χ3v) is 7.71. The van der Waals surface area contributed by atoms with E-state index in [-0.39, 0.29) is 22.2 Å². The van der Waals surface area contributed by atoms with Crippen LogP contribution in [0.4, 0.5) is 5.69 Å². The summed E-state index contributed by atoms with van der Waals surface area (Å²) in [5.74, 6) is -0.0684. The number of rotatable bonds is 4. The van der Waals surface area contributed by atoms with Crippen LogP contribution in [0.2, 0.25) is 5.02 Å². The van der Waals surface area contributed by atoms with Crippen molar-refractivity contribution in [2.45, 2.75) is 22.8 Å². The second-order valence-electron chi connectivity index (χ2n) is 7.52. The van der Waals surface area contributed by atoms with Crippen LogP contribution in [0.5, 0.6) is 0 Å². The minimum atomic E-state index is -3.77. The number of carbonyl (C=O) groups is 1. The molecular weight excluding hydrogens is 432 g/mol. The number of aromatic nitrogens is 1. The lowest BCUT2D eigenvalue weighted by molar-refractivity contribution is -0.119. The Morgan fingerprint density at radius 1 is 0.935 bits per heavy atom. The van der Waals surface area contributed by atoms with Crippen molar-refractivity contribution >= 4 is 43.9 Å². The van der Waals surface area contributed by atoms with Gasteiger partial charge in [0.05, 0.1) is 9.79 Å². The highest BCUT2D eigenvalue weighted by Gasteiger charge is 2.27. The van der Waals surface area contributed by atoms with Gasteiger partial charge < -0.3 is 9.47 Å². The molecule has 1 amide bonds. The molecule has 1 aliphatic heterocycles. The van der Waals surface area contributed by atoms with E-state index in [0.29, 0.717) is 22.5 Å². The van der Waals surface area contributed by atoms with Gasteiger partial charge in [-0.25, -0.2) is 8.42 Å². The molecule has 156 valence electrons. The second-order valence-corrected chi connectivity index (χ2v) is 9.87. The van der Waals surface area contributed by atoms with Crippen molar-refractivity contribution in [1.29, 1.82) is 0 Å². The van der Waals surface area contributed by atoms with Crippen molar-refractivity contribution < 1.29 is 13.2 Å². The van der Waals surface area contributed by atoms with Gasteiger partial charge in [-0.05, 0) is 48.4 Å². The largest absolute Gasteiger partial charge is 0.337 e. The molecule has 0 spiro atoms. The molecule has 0 unspecified atom stereocenters. The zero-order chi connectivity index (χ0) is 21.6. The maximum Gasteiger partial charge on any atom is 0.246 e. The minimum Gasteiger partial charge on any atom is -0.337 e. The molecule has 31 heavy (non-hydrogen) atoms. The second kappa shape index (κ2) is 7.55. The summed E-state index contributed by atoms with van der Waals surface area (Å²) < 4.78 is 28.4. The van der Waals surface area contributed by atoms with Gasteiger partial charge in [-0.15, -0.1) is 0 Å². The molecule has 0 fully saturated rings. The lowest BCUT2D eigenvalue weighted by atomic mass is 10.2. The predicted octanol–water partition coefficient (Wildman–Crippen LogP) is 4.72. The number of anilines is 1. The van der Waals surface area contributed by atoms with Crippen molar-refractivity contribution in [3.8, 4) is 0 Å². The molecule has 5 rings (SSSR count). The standard InChI is InChI=1S/C24H19ClN2O3S/c25-18-9-11-19(12-10-18)31(29,30)23-15-26(22-8-4-2-6-20(22)23)16-24(28)27-14-13-17-5-1-3-7-21(17)27/h1-12,15H,13-14,16H2. The fourth-order valence-electron chi connectivity index (χ4n) is 4.13. The lowest BCUT2D eigenvalue weighted by Crippen LogP contribution is -2.32. The zero-order valence-electron chi connectivity index (χ0n) is 16.5. The smallest absolute Gasteiger partial charge is 0.246 e. The number of para-hydroxylation sites is 2. The van der Waals surface area contributed by atoms with Crippen LogP contribution >= 0.6 is 11.6 Å². The Balaban J connectivity index is 1.54. The first-order valence-electron chi connectivity index (χ1n) is 9.92. The number of halogens is 1. The summed E-state index contributed by atoms with van der Waals surface area (Å²) in [6, 6.07) is 21.2. The van der Waals surface area contributed by atoms with Gasteiger partial charge in [0.15, 0.2) is 0 Å². The van der Waals surface area contributed by atoms with Gasteiger partial charge in [-0.3, -0.25) is 4.79 Å². The maximum atomic E-state index is 13.3. The highest BCUT2D eigenvalue weighted by molar-refractivity contribution is 7.91. The summed E-state index contributed by atoms with van der Waals surface area (Å²) in [4.78, 5) is 15.3. The first-order valence-corrected chi connectivity index (χ1v) is 11.8. The number of nitrogens with zero attached hydrogens (tertiary/aromatic N) is 2. The normalized spacial score (nSPS) is 13.5. The van der Waals surface area contributed by atoms with E-state index in [9.17, 15) is 13.2 Å². The topological polar surface area (TPSA) is 59.4 Å². The maximum absolute atomic E-state index is 13.3. The SMILES string of the molecule is O=C(Cn1cc(S(=O)(=O)c2ccc(Cl)cc2)c2ccccc21)N1CCc2ccccc21. The zero-order valence-corrected chi connectivity index (χ0v) is 18.1. The van der Waals surface area contributed by atoms with E-state index in [0.717, 1.165) is 17.7 Å². The molecule has 0 bridgehead atoms. The summed E-state index contributed by atoms with van der Waals surface area (Å²) in [5, 5.41) is 1.06. The van der Waals surface area contributed by atoms with Crippen LogP contribution in [-0.2, 0) is 27.6 Å². The molecule has 1 aliphatic rings. The molecule has 0 saturated carbocycles. The molecular formula is C24H19ClN2O3S. The van der Waals surface area contributed by atoms with E-state index >= 15 is 0 Å². The van der Waals surface area contributed by atoms with Crippen molar-refractivity contribution in [1.82, 2.24) is 4.57 Å². The molecule has 1 aromatic heterocycles. The van der Waals surface area contributed by atoms with Gasteiger partial charge in [0.1, 0.15) is 6.54 Å². The van der Waals surface area contributed by atoms with E-state index in [1.54, 1.807) is 39.9 Å². The molecule has 5 nitrogen and oxygen atoms in total. The highest BCUT2D eigenvalue weighted by Crippen LogP contribution is 2.32. The van der Waals surface area contributed by atoms with E-state index in [1.807, 2.05) is 36.4 Å². The van der Waals surface area contributed by atoms with Gasteiger partial charge in [0, 0.05) is 34.4 Å². The summed E-state index contributed by atoms with van der Waals surface area (Å²) in [6.45, 7) is 0.693. The van der Waals surface area contributed by atoms with Gasteiger partial charge >= 0.3 is 0 Å². The Morgan fingerprint density at radius 3 is 2.45 bits per heavy atom. The average Bonchev–Trinajstić information content (AvgIpc) is 3.36.